The molecule has 0 saturated heterocycles. The molecule has 1 aromatic carbocycles. The summed E-state index contributed by atoms with van der Waals surface area (Å²) in [5.41, 5.74) is -0.396. The van der Waals surface area contributed by atoms with Gasteiger partial charge in [-0.15, -0.1) is 0 Å². The highest BCUT2D eigenvalue weighted by Gasteiger charge is 2.15. The lowest BCUT2D eigenvalue weighted by Crippen LogP contribution is -2.05. The summed E-state index contributed by atoms with van der Waals surface area (Å²) in [6.45, 7) is -0.641. The van der Waals surface area contributed by atoms with Crippen LogP contribution < -0.4 is 0 Å². The molecule has 0 fully saturated rings. The van der Waals surface area contributed by atoms with Crippen molar-refractivity contribution < 1.29 is 22.7 Å². The lowest BCUT2D eigenvalue weighted by molar-refractivity contribution is 0.0599. The Morgan fingerprint density at radius 3 is 2.31 bits per heavy atom. The van der Waals surface area contributed by atoms with Gasteiger partial charge in [-0.2, -0.15) is 0 Å². The van der Waals surface area contributed by atoms with E-state index >= 15 is 0 Å². The quantitative estimate of drug-likeness (QED) is 0.746. The Morgan fingerprint density at radius 2 is 1.88 bits per heavy atom. The van der Waals surface area contributed by atoms with Gasteiger partial charge in [-0.1, -0.05) is 0 Å². The Morgan fingerprint density at radius 1 is 1.31 bits per heavy atom. The maximum absolute atomic E-state index is 13.4. The molecule has 0 heterocycles. The Bertz CT molecular complexity index is 368. The van der Waals surface area contributed by atoms with Crippen molar-refractivity contribution in [1.29, 1.82) is 0 Å². The summed E-state index contributed by atoms with van der Waals surface area (Å²) in [7, 11) is 1.12. The molecule has 0 unspecified atom stereocenters. The van der Waals surface area contributed by atoms with Gasteiger partial charge in [-0.3, -0.25) is 4.39 Å². The molecule has 0 saturated carbocycles. The van der Waals surface area contributed by atoms with Crippen molar-refractivity contribution in [2.24, 2.45) is 0 Å². The summed E-state index contributed by atoms with van der Waals surface area (Å²) in [5, 5.41) is 0. The Hall–Kier alpha value is -1.52. The van der Waals surface area contributed by atoms with Gasteiger partial charge >= 0.3 is 5.97 Å². The Balaban J connectivity index is 3.02. The standard InChI is InChI=1S/C11H11F3O2/c1-16-11(15)7-5-9(13)8(3-2-4-12)10(14)6-7/h5-6H,2-4H2,1H3. The highest BCUT2D eigenvalue weighted by atomic mass is 19.1. The number of benzene rings is 1. The van der Waals surface area contributed by atoms with Crippen molar-refractivity contribution in [3.63, 3.8) is 0 Å². The van der Waals surface area contributed by atoms with Crippen LogP contribution in [0.4, 0.5) is 13.2 Å². The van der Waals surface area contributed by atoms with Crippen molar-refractivity contribution in [2.45, 2.75) is 12.8 Å². The molecular weight excluding hydrogens is 221 g/mol. The number of halogens is 3. The predicted octanol–water partition coefficient (Wildman–Crippen LogP) is 2.65. The lowest BCUT2D eigenvalue weighted by atomic mass is 10.1. The summed E-state index contributed by atoms with van der Waals surface area (Å²) in [6.07, 6.45) is 0.0149. The smallest absolute Gasteiger partial charge is 0.338 e. The van der Waals surface area contributed by atoms with Crippen molar-refractivity contribution in [2.75, 3.05) is 13.8 Å². The van der Waals surface area contributed by atoms with E-state index < -0.39 is 24.3 Å². The van der Waals surface area contributed by atoms with Crippen molar-refractivity contribution in [1.82, 2.24) is 0 Å². The zero-order valence-corrected chi connectivity index (χ0v) is 8.73. The zero-order valence-electron chi connectivity index (χ0n) is 8.73. The summed E-state index contributed by atoms with van der Waals surface area (Å²) in [6, 6.07) is 1.78. The highest BCUT2D eigenvalue weighted by molar-refractivity contribution is 5.89. The minimum Gasteiger partial charge on any atom is -0.465 e. The third kappa shape index (κ3) is 2.74. The van der Waals surface area contributed by atoms with E-state index in [9.17, 15) is 18.0 Å². The monoisotopic (exact) mass is 232 g/mol. The van der Waals surface area contributed by atoms with Crippen LogP contribution in [0.25, 0.3) is 0 Å². The number of alkyl halides is 1. The molecule has 0 bridgehead atoms. The second kappa shape index (κ2) is 5.53. The number of hydrogen-bond donors (Lipinski definition) is 0. The highest BCUT2D eigenvalue weighted by Crippen LogP contribution is 2.17. The number of esters is 1. The van der Waals surface area contributed by atoms with Crippen LogP contribution in [0, 0.1) is 11.6 Å². The molecule has 0 amide bonds. The first-order valence-electron chi connectivity index (χ1n) is 4.72. The molecule has 5 heteroatoms. The van der Waals surface area contributed by atoms with E-state index in [2.05, 4.69) is 4.74 Å². The fourth-order valence-corrected chi connectivity index (χ4v) is 1.32. The molecule has 0 aliphatic heterocycles. The van der Waals surface area contributed by atoms with E-state index in [4.69, 9.17) is 0 Å². The molecule has 1 aromatic rings. The normalized spacial score (nSPS) is 10.2. The first kappa shape index (κ1) is 12.5. The second-order valence-electron chi connectivity index (χ2n) is 3.20. The fraction of sp³-hybridized carbons (Fsp3) is 0.364. The van der Waals surface area contributed by atoms with Crippen LogP contribution in [0.3, 0.4) is 0 Å². The van der Waals surface area contributed by atoms with Crippen LogP contribution in [0.2, 0.25) is 0 Å². The van der Waals surface area contributed by atoms with Gasteiger partial charge in [0, 0.05) is 5.56 Å². The molecule has 0 spiro atoms. The SMILES string of the molecule is COC(=O)c1cc(F)c(CCCF)c(F)c1. The minimum atomic E-state index is -0.853. The van der Waals surface area contributed by atoms with Gasteiger partial charge in [-0.05, 0) is 25.0 Å². The third-order valence-corrected chi connectivity index (χ3v) is 2.12. The van der Waals surface area contributed by atoms with Crippen molar-refractivity contribution in [3.05, 3.63) is 34.9 Å². The summed E-state index contributed by atoms with van der Waals surface area (Å²) in [5.74, 6) is -2.52. The van der Waals surface area contributed by atoms with E-state index in [1.807, 2.05) is 0 Å². The van der Waals surface area contributed by atoms with Gasteiger partial charge in [-0.25, -0.2) is 13.6 Å². The van der Waals surface area contributed by atoms with E-state index in [0.717, 1.165) is 19.2 Å². The van der Waals surface area contributed by atoms with E-state index in [1.54, 1.807) is 0 Å². The molecule has 2 nitrogen and oxygen atoms in total. The number of ether oxygens (including phenoxy) is 1. The summed E-state index contributed by atoms with van der Waals surface area (Å²) in [4.78, 5) is 11.0. The maximum atomic E-state index is 13.4. The Kier molecular flexibility index (Phi) is 4.34. The molecule has 0 atom stereocenters. The lowest BCUT2D eigenvalue weighted by Gasteiger charge is -2.06. The molecule has 0 aliphatic rings. The predicted molar refractivity (Wildman–Crippen MR) is 52.0 cm³/mol. The zero-order chi connectivity index (χ0) is 12.1. The van der Waals surface area contributed by atoms with Crippen LogP contribution in [0.5, 0.6) is 0 Å². The third-order valence-electron chi connectivity index (χ3n) is 2.12. The van der Waals surface area contributed by atoms with Gasteiger partial charge in [0.2, 0.25) is 0 Å². The first-order chi connectivity index (χ1) is 7.60. The summed E-state index contributed by atoms with van der Waals surface area (Å²) >= 11 is 0. The van der Waals surface area contributed by atoms with Gasteiger partial charge in [0.05, 0.1) is 19.3 Å². The first-order valence-corrected chi connectivity index (χ1v) is 4.72. The van der Waals surface area contributed by atoms with Gasteiger partial charge < -0.3 is 4.74 Å². The van der Waals surface area contributed by atoms with Crippen LogP contribution in [-0.2, 0) is 11.2 Å². The molecule has 16 heavy (non-hydrogen) atoms. The maximum Gasteiger partial charge on any atom is 0.338 e. The molecule has 0 aliphatic carbocycles. The number of methoxy groups -OCH3 is 1. The Labute approximate surface area is 91.0 Å². The number of carbonyl (C=O) groups is 1. The molecule has 0 N–H and O–H groups in total. The minimum absolute atomic E-state index is 0.0321. The molecular formula is C11H11F3O2. The average Bonchev–Trinajstić information content (AvgIpc) is 2.26. The van der Waals surface area contributed by atoms with Gasteiger partial charge in [0.25, 0.3) is 0 Å². The fourth-order valence-electron chi connectivity index (χ4n) is 1.32. The van der Waals surface area contributed by atoms with E-state index in [-0.39, 0.29) is 24.0 Å². The van der Waals surface area contributed by atoms with Crippen LogP contribution in [0.15, 0.2) is 12.1 Å². The molecule has 1 rings (SSSR count). The summed E-state index contributed by atoms with van der Waals surface area (Å²) < 4.78 is 42.9. The second-order valence-corrected chi connectivity index (χ2v) is 3.20. The van der Waals surface area contributed by atoms with Gasteiger partial charge in [0.1, 0.15) is 11.6 Å². The van der Waals surface area contributed by atoms with Crippen molar-refractivity contribution in [3.8, 4) is 0 Å². The molecule has 88 valence electrons. The van der Waals surface area contributed by atoms with E-state index in [1.165, 1.54) is 0 Å². The average molecular weight is 232 g/mol. The largest absolute Gasteiger partial charge is 0.465 e. The van der Waals surface area contributed by atoms with Crippen LogP contribution in [0.1, 0.15) is 22.3 Å². The number of hydrogen-bond acceptors (Lipinski definition) is 2. The van der Waals surface area contributed by atoms with Crippen LogP contribution >= 0.6 is 0 Å². The molecule has 0 aromatic heterocycles. The van der Waals surface area contributed by atoms with E-state index in [0.29, 0.717) is 0 Å². The van der Waals surface area contributed by atoms with Gasteiger partial charge in [0.15, 0.2) is 0 Å². The number of carbonyl (C=O) groups excluding carboxylic acids is 1. The topological polar surface area (TPSA) is 26.3 Å². The van der Waals surface area contributed by atoms with Crippen molar-refractivity contribution >= 4 is 5.97 Å². The number of rotatable bonds is 4. The van der Waals surface area contributed by atoms with Crippen LogP contribution in [-0.4, -0.2) is 19.8 Å². The molecule has 0 radical (unpaired) electrons.